The second kappa shape index (κ2) is 7.07. The van der Waals surface area contributed by atoms with Crippen LogP contribution >= 0.6 is 34.9 Å². The van der Waals surface area contributed by atoms with E-state index in [2.05, 4.69) is 31.0 Å². The number of carbonyl (C=O) groups is 3. The lowest BCUT2D eigenvalue weighted by Crippen LogP contribution is -2.64. The Hall–Kier alpha value is -2.52. The number of nitrogens with one attached hydrogen (secondary N) is 1. The summed E-state index contributed by atoms with van der Waals surface area (Å²) in [6, 6.07) is 0. The van der Waals surface area contributed by atoms with Crippen LogP contribution in [0.2, 0.25) is 0 Å². The SMILES string of the molecule is CC(=O)NC1(C)S[C@@H]2C(c3nnnn3C)C(=O)N2C(C(=O)O)=C1Sc1nncs1. The number of amides is 2. The number of aliphatic carboxylic acids is 1. The van der Waals surface area contributed by atoms with E-state index >= 15 is 0 Å². The summed E-state index contributed by atoms with van der Waals surface area (Å²) in [5.74, 6) is -2.43. The van der Waals surface area contributed by atoms with E-state index in [0.717, 1.165) is 11.8 Å². The van der Waals surface area contributed by atoms with Crippen LogP contribution in [0.1, 0.15) is 25.6 Å². The first-order chi connectivity index (χ1) is 13.7. The van der Waals surface area contributed by atoms with Crippen LogP contribution in [0.4, 0.5) is 0 Å². The van der Waals surface area contributed by atoms with Gasteiger partial charge in [0.2, 0.25) is 11.8 Å². The number of carbonyl (C=O) groups excluding carboxylic acids is 2. The number of hydrogen-bond donors (Lipinski definition) is 2. The maximum atomic E-state index is 12.9. The zero-order chi connectivity index (χ0) is 20.9. The molecular formula is C14H14N8O4S3. The molecule has 2 aliphatic rings. The third-order valence-corrected chi connectivity index (χ3v) is 8.08. The average Bonchev–Trinajstić information content (AvgIpc) is 3.28. The Morgan fingerprint density at radius 3 is 2.69 bits per heavy atom. The molecule has 3 atom stereocenters. The van der Waals surface area contributed by atoms with Crippen molar-refractivity contribution >= 4 is 52.6 Å². The summed E-state index contributed by atoms with van der Waals surface area (Å²) in [5, 5.41) is 31.1. The Morgan fingerprint density at radius 2 is 2.14 bits per heavy atom. The molecule has 4 rings (SSSR count). The first-order valence-electron chi connectivity index (χ1n) is 8.17. The highest BCUT2D eigenvalue weighted by Crippen LogP contribution is 2.57. The summed E-state index contributed by atoms with van der Waals surface area (Å²) in [6.07, 6.45) is 0. The molecule has 0 aromatic carbocycles. The van der Waals surface area contributed by atoms with Crippen molar-refractivity contribution in [3.63, 3.8) is 0 Å². The highest BCUT2D eigenvalue weighted by atomic mass is 32.2. The van der Waals surface area contributed by atoms with E-state index in [-0.39, 0.29) is 11.6 Å². The standard InChI is InChI=1S/C14H14N8O4S3/c1-5(23)16-14(2)8(28-13-18-15-4-27-13)7(12(25)26)22-10(24)6(11(22)29-14)9-17-19-20-21(9)3/h4,6,11H,1-3H3,(H,16,23)(H,25,26)/t6?,11-,14?/m1/s1. The Balaban J connectivity index is 1.83. The molecule has 0 saturated carbocycles. The van der Waals surface area contributed by atoms with E-state index in [1.165, 1.54) is 45.1 Å². The average molecular weight is 455 g/mol. The van der Waals surface area contributed by atoms with Crippen molar-refractivity contribution in [1.29, 1.82) is 0 Å². The van der Waals surface area contributed by atoms with Crippen molar-refractivity contribution < 1.29 is 19.5 Å². The zero-order valence-electron chi connectivity index (χ0n) is 15.3. The normalized spacial score (nSPS) is 26.2. The molecular weight excluding hydrogens is 440 g/mol. The molecule has 0 bridgehead atoms. The fourth-order valence-electron chi connectivity index (χ4n) is 3.25. The molecule has 4 heterocycles. The van der Waals surface area contributed by atoms with Crippen LogP contribution in [-0.4, -0.2) is 68.4 Å². The van der Waals surface area contributed by atoms with Crippen LogP contribution in [0.5, 0.6) is 0 Å². The van der Waals surface area contributed by atoms with Crippen LogP contribution in [0.15, 0.2) is 20.5 Å². The molecule has 1 fully saturated rings. The number of thioether (sulfide) groups is 2. The van der Waals surface area contributed by atoms with Crippen LogP contribution in [-0.2, 0) is 21.4 Å². The third kappa shape index (κ3) is 3.18. The molecule has 15 heteroatoms. The molecule has 0 spiro atoms. The van der Waals surface area contributed by atoms with Crippen LogP contribution in [0, 0.1) is 0 Å². The lowest BCUT2D eigenvalue weighted by Gasteiger charge is -2.53. The first-order valence-corrected chi connectivity index (χ1v) is 10.7. The van der Waals surface area contributed by atoms with Crippen molar-refractivity contribution in [2.45, 2.75) is 34.3 Å². The van der Waals surface area contributed by atoms with Crippen LogP contribution < -0.4 is 5.32 Å². The maximum absolute atomic E-state index is 12.9. The summed E-state index contributed by atoms with van der Waals surface area (Å²) in [4.78, 5) is 37.5. The molecule has 1 saturated heterocycles. The highest BCUT2D eigenvalue weighted by molar-refractivity contribution is 8.08. The molecule has 2 unspecified atom stereocenters. The molecule has 12 nitrogen and oxygen atoms in total. The molecule has 2 aliphatic heterocycles. The molecule has 0 radical (unpaired) electrons. The van der Waals surface area contributed by atoms with E-state index < -0.39 is 28.0 Å². The minimum absolute atomic E-state index is 0.193. The number of tetrazole rings is 1. The van der Waals surface area contributed by atoms with Gasteiger partial charge >= 0.3 is 5.97 Å². The molecule has 2 amide bonds. The van der Waals surface area contributed by atoms with Crippen molar-refractivity contribution in [2.24, 2.45) is 7.05 Å². The molecule has 2 aromatic rings. The minimum atomic E-state index is -1.28. The van der Waals surface area contributed by atoms with Gasteiger partial charge in [0.25, 0.3) is 0 Å². The van der Waals surface area contributed by atoms with Gasteiger partial charge in [0.05, 0.1) is 4.91 Å². The van der Waals surface area contributed by atoms with Gasteiger partial charge in [-0.1, -0.05) is 23.1 Å². The summed E-state index contributed by atoms with van der Waals surface area (Å²) >= 11 is 3.56. The molecule has 152 valence electrons. The van der Waals surface area contributed by atoms with E-state index in [4.69, 9.17) is 0 Å². The van der Waals surface area contributed by atoms with Gasteiger partial charge in [-0.3, -0.25) is 14.5 Å². The van der Waals surface area contributed by atoms with Gasteiger partial charge in [0.1, 0.15) is 27.4 Å². The second-order valence-electron chi connectivity index (χ2n) is 6.36. The second-order valence-corrected chi connectivity index (χ2v) is 9.98. The largest absolute Gasteiger partial charge is 0.477 e. The molecule has 2 aromatic heterocycles. The van der Waals surface area contributed by atoms with Gasteiger partial charge < -0.3 is 10.4 Å². The van der Waals surface area contributed by atoms with E-state index in [1.807, 2.05) is 0 Å². The first kappa shape index (κ1) is 19.8. The number of aryl methyl sites for hydroxylation is 1. The van der Waals surface area contributed by atoms with Gasteiger partial charge in [-0.15, -0.1) is 27.1 Å². The van der Waals surface area contributed by atoms with Crippen molar-refractivity contribution in [3.8, 4) is 0 Å². The molecule has 0 aliphatic carbocycles. The number of carboxylic acid groups (broad SMARTS) is 1. The van der Waals surface area contributed by atoms with Gasteiger partial charge in [0, 0.05) is 14.0 Å². The highest BCUT2D eigenvalue weighted by Gasteiger charge is 2.61. The smallest absolute Gasteiger partial charge is 0.353 e. The molecule has 2 N–H and O–H groups in total. The summed E-state index contributed by atoms with van der Waals surface area (Å²) in [6.45, 7) is 3.05. The minimum Gasteiger partial charge on any atom is -0.477 e. The van der Waals surface area contributed by atoms with Gasteiger partial charge in [0.15, 0.2) is 10.2 Å². The van der Waals surface area contributed by atoms with Crippen molar-refractivity contribution in [3.05, 3.63) is 21.9 Å². The van der Waals surface area contributed by atoms with Crippen molar-refractivity contribution in [1.82, 2.24) is 40.6 Å². The fraction of sp³-hybridized carbons (Fsp3) is 0.429. The monoisotopic (exact) mass is 454 g/mol. The quantitative estimate of drug-likeness (QED) is 0.586. The Kier molecular flexibility index (Phi) is 4.82. The van der Waals surface area contributed by atoms with Crippen molar-refractivity contribution in [2.75, 3.05) is 0 Å². The Labute approximate surface area is 176 Å². The van der Waals surface area contributed by atoms with Crippen LogP contribution in [0.25, 0.3) is 0 Å². The van der Waals surface area contributed by atoms with E-state index in [1.54, 1.807) is 14.0 Å². The predicted octanol–water partition coefficient (Wildman–Crippen LogP) is 0.00110. The summed E-state index contributed by atoms with van der Waals surface area (Å²) in [5.41, 5.74) is 1.32. The number of hydrogen-bond acceptors (Lipinski definition) is 11. The van der Waals surface area contributed by atoms with Gasteiger partial charge in [-0.2, -0.15) is 0 Å². The number of fused-ring (bicyclic) bond motifs is 1. The predicted molar refractivity (Wildman–Crippen MR) is 102 cm³/mol. The number of nitrogens with zero attached hydrogens (tertiary/aromatic N) is 7. The van der Waals surface area contributed by atoms with Crippen LogP contribution in [0.3, 0.4) is 0 Å². The lowest BCUT2D eigenvalue weighted by atomic mass is 9.95. The Bertz CT molecular complexity index is 1040. The zero-order valence-corrected chi connectivity index (χ0v) is 17.7. The number of β-lactam (4-membered cyclic amide) rings is 1. The fourth-order valence-corrected chi connectivity index (χ4v) is 6.74. The van der Waals surface area contributed by atoms with E-state index in [9.17, 15) is 19.5 Å². The number of carboxylic acids is 1. The lowest BCUT2D eigenvalue weighted by molar-refractivity contribution is -0.148. The number of rotatable bonds is 5. The third-order valence-electron chi connectivity index (χ3n) is 4.37. The van der Waals surface area contributed by atoms with E-state index in [0.29, 0.717) is 15.1 Å². The number of aromatic nitrogens is 6. The van der Waals surface area contributed by atoms with Gasteiger partial charge in [-0.05, 0) is 17.4 Å². The topological polar surface area (TPSA) is 156 Å². The molecule has 29 heavy (non-hydrogen) atoms. The van der Waals surface area contributed by atoms with Gasteiger partial charge in [-0.25, -0.2) is 9.48 Å². The Morgan fingerprint density at radius 1 is 1.38 bits per heavy atom. The summed E-state index contributed by atoms with van der Waals surface area (Å²) < 4.78 is 1.88. The summed E-state index contributed by atoms with van der Waals surface area (Å²) in [7, 11) is 1.61. The maximum Gasteiger partial charge on any atom is 0.353 e.